The van der Waals surface area contributed by atoms with Crippen molar-refractivity contribution in [2.75, 3.05) is 20.6 Å². The van der Waals surface area contributed by atoms with Gasteiger partial charge >= 0.3 is 0 Å². The number of rotatable bonds is 6. The molecule has 0 unspecified atom stereocenters. The molecule has 0 heterocycles. The summed E-state index contributed by atoms with van der Waals surface area (Å²) in [6, 6.07) is 4.78. The number of hydrogen-bond donors (Lipinski definition) is 1. The molecule has 4 nitrogen and oxygen atoms in total. The van der Waals surface area contributed by atoms with Crippen LogP contribution in [0.2, 0.25) is 5.02 Å². The average Bonchev–Trinajstić information content (AvgIpc) is 2.31. The summed E-state index contributed by atoms with van der Waals surface area (Å²) in [5.41, 5.74) is 0.799. The van der Waals surface area contributed by atoms with Crippen molar-refractivity contribution in [3.05, 3.63) is 28.8 Å². The summed E-state index contributed by atoms with van der Waals surface area (Å²) in [5, 5.41) is 3.79. The van der Waals surface area contributed by atoms with E-state index in [-0.39, 0.29) is 4.90 Å². The van der Waals surface area contributed by atoms with Crippen molar-refractivity contribution >= 4 is 21.6 Å². The predicted octanol–water partition coefficient (Wildman–Crippen LogP) is 2.09. The monoisotopic (exact) mass is 290 g/mol. The first kappa shape index (κ1) is 15.4. The van der Waals surface area contributed by atoms with Crippen molar-refractivity contribution in [3.8, 4) is 0 Å². The molecule has 0 amide bonds. The van der Waals surface area contributed by atoms with Crippen LogP contribution in [0.1, 0.15) is 18.9 Å². The minimum Gasteiger partial charge on any atom is -0.313 e. The van der Waals surface area contributed by atoms with Gasteiger partial charge in [0.15, 0.2) is 0 Å². The van der Waals surface area contributed by atoms with Crippen molar-refractivity contribution < 1.29 is 8.42 Å². The average molecular weight is 291 g/mol. The van der Waals surface area contributed by atoms with Gasteiger partial charge in [0, 0.05) is 25.7 Å². The van der Waals surface area contributed by atoms with E-state index < -0.39 is 10.0 Å². The molecule has 18 heavy (non-hydrogen) atoms. The van der Waals surface area contributed by atoms with Gasteiger partial charge in [-0.1, -0.05) is 18.5 Å². The Hall–Kier alpha value is -0.620. The van der Waals surface area contributed by atoms with Crippen LogP contribution in [0.15, 0.2) is 23.1 Å². The minimum absolute atomic E-state index is 0.269. The molecule has 1 aromatic rings. The maximum atomic E-state index is 12.0. The fourth-order valence-corrected chi connectivity index (χ4v) is 2.59. The summed E-state index contributed by atoms with van der Waals surface area (Å²) >= 11 is 6.06. The van der Waals surface area contributed by atoms with Gasteiger partial charge in [0.2, 0.25) is 10.0 Å². The molecule has 1 N–H and O–H groups in total. The molecule has 0 fully saturated rings. The number of nitrogens with zero attached hydrogens (tertiary/aromatic N) is 1. The van der Waals surface area contributed by atoms with Crippen LogP contribution in [0, 0.1) is 0 Å². The highest BCUT2D eigenvalue weighted by Crippen LogP contribution is 2.21. The van der Waals surface area contributed by atoms with E-state index in [9.17, 15) is 8.42 Å². The van der Waals surface area contributed by atoms with Crippen molar-refractivity contribution in [3.63, 3.8) is 0 Å². The van der Waals surface area contributed by atoms with Gasteiger partial charge in [0.05, 0.1) is 4.90 Å². The van der Waals surface area contributed by atoms with Gasteiger partial charge in [-0.3, -0.25) is 0 Å². The molecule has 0 aromatic heterocycles. The normalized spacial score (nSPS) is 12.1. The third-order valence-corrected chi connectivity index (χ3v) is 4.72. The van der Waals surface area contributed by atoms with E-state index in [1.807, 2.05) is 0 Å². The molecule has 0 aliphatic heterocycles. The van der Waals surface area contributed by atoms with E-state index in [4.69, 9.17) is 11.6 Å². The van der Waals surface area contributed by atoms with E-state index >= 15 is 0 Å². The topological polar surface area (TPSA) is 49.4 Å². The van der Waals surface area contributed by atoms with E-state index in [0.717, 1.165) is 18.5 Å². The first-order valence-electron chi connectivity index (χ1n) is 5.81. The molecule has 102 valence electrons. The van der Waals surface area contributed by atoms with Crippen LogP contribution in [0.5, 0.6) is 0 Å². The van der Waals surface area contributed by atoms with E-state index in [2.05, 4.69) is 12.2 Å². The Balaban J connectivity index is 3.01. The SMILES string of the molecule is CCCNCc1cc(S(=O)(=O)N(C)C)ccc1Cl. The quantitative estimate of drug-likeness (QED) is 0.816. The number of hydrogen-bond acceptors (Lipinski definition) is 3. The number of sulfonamides is 1. The van der Waals surface area contributed by atoms with E-state index in [1.165, 1.54) is 24.5 Å². The van der Waals surface area contributed by atoms with Crippen molar-refractivity contribution in [2.24, 2.45) is 0 Å². The van der Waals surface area contributed by atoms with Crippen LogP contribution in [-0.2, 0) is 16.6 Å². The number of nitrogens with one attached hydrogen (secondary N) is 1. The lowest BCUT2D eigenvalue weighted by molar-refractivity contribution is 0.520. The van der Waals surface area contributed by atoms with Gasteiger partial charge < -0.3 is 5.32 Å². The molecule has 0 atom stereocenters. The minimum atomic E-state index is -3.40. The van der Waals surface area contributed by atoms with Gasteiger partial charge in [-0.15, -0.1) is 0 Å². The Morgan fingerprint density at radius 3 is 2.56 bits per heavy atom. The van der Waals surface area contributed by atoms with Gasteiger partial charge in [-0.25, -0.2) is 12.7 Å². The zero-order chi connectivity index (χ0) is 13.8. The number of benzene rings is 1. The van der Waals surface area contributed by atoms with Crippen LogP contribution in [0.3, 0.4) is 0 Å². The third kappa shape index (κ3) is 3.68. The van der Waals surface area contributed by atoms with Crippen molar-refractivity contribution in [1.29, 1.82) is 0 Å². The van der Waals surface area contributed by atoms with Crippen LogP contribution in [0.4, 0.5) is 0 Å². The van der Waals surface area contributed by atoms with Gasteiger partial charge in [-0.05, 0) is 36.7 Å². The third-order valence-electron chi connectivity index (χ3n) is 2.54. The predicted molar refractivity (Wildman–Crippen MR) is 74.3 cm³/mol. The fourth-order valence-electron chi connectivity index (χ4n) is 1.46. The highest BCUT2D eigenvalue weighted by molar-refractivity contribution is 7.89. The van der Waals surface area contributed by atoms with Crippen LogP contribution < -0.4 is 5.32 Å². The number of halogens is 1. The second-order valence-electron chi connectivity index (χ2n) is 4.22. The molecule has 0 radical (unpaired) electrons. The lowest BCUT2D eigenvalue weighted by atomic mass is 10.2. The molecule has 1 aromatic carbocycles. The van der Waals surface area contributed by atoms with Crippen molar-refractivity contribution in [2.45, 2.75) is 24.8 Å². The molecular weight excluding hydrogens is 272 g/mol. The molecule has 0 spiro atoms. The Labute approximate surface area is 114 Å². The Bertz CT molecular complexity index is 501. The first-order valence-corrected chi connectivity index (χ1v) is 7.63. The van der Waals surface area contributed by atoms with Crippen LogP contribution in [-0.4, -0.2) is 33.4 Å². The van der Waals surface area contributed by atoms with Gasteiger partial charge in [-0.2, -0.15) is 0 Å². The standard InChI is InChI=1S/C12H19ClN2O2S/c1-4-7-14-9-10-8-11(5-6-12(10)13)18(16,17)15(2)3/h5-6,8,14H,4,7,9H2,1-3H3. The van der Waals surface area contributed by atoms with Crippen molar-refractivity contribution in [1.82, 2.24) is 9.62 Å². The Kier molecular flexibility index (Phi) is 5.59. The van der Waals surface area contributed by atoms with Gasteiger partial charge in [0.25, 0.3) is 0 Å². The summed E-state index contributed by atoms with van der Waals surface area (Å²) in [4.78, 5) is 0.269. The first-order chi connectivity index (χ1) is 8.39. The lowest BCUT2D eigenvalue weighted by Gasteiger charge is -2.13. The molecule has 0 saturated heterocycles. The van der Waals surface area contributed by atoms with Crippen LogP contribution in [0.25, 0.3) is 0 Å². The molecule has 1 rings (SSSR count). The zero-order valence-corrected chi connectivity index (χ0v) is 12.5. The summed E-state index contributed by atoms with van der Waals surface area (Å²) in [6.07, 6.45) is 1.02. The molecule has 0 aliphatic carbocycles. The second kappa shape index (κ2) is 6.52. The summed E-state index contributed by atoms with van der Waals surface area (Å²) in [7, 11) is -0.374. The molecular formula is C12H19ClN2O2S. The second-order valence-corrected chi connectivity index (χ2v) is 6.78. The molecule has 0 aliphatic rings. The molecule has 0 saturated carbocycles. The van der Waals surface area contributed by atoms with Crippen LogP contribution >= 0.6 is 11.6 Å². The Morgan fingerprint density at radius 1 is 1.33 bits per heavy atom. The largest absolute Gasteiger partial charge is 0.313 e. The maximum absolute atomic E-state index is 12.0. The zero-order valence-electron chi connectivity index (χ0n) is 10.9. The van der Waals surface area contributed by atoms with Gasteiger partial charge in [0.1, 0.15) is 0 Å². The summed E-state index contributed by atoms with van der Waals surface area (Å²) in [6.45, 7) is 3.52. The highest BCUT2D eigenvalue weighted by atomic mass is 35.5. The molecule has 0 bridgehead atoms. The highest BCUT2D eigenvalue weighted by Gasteiger charge is 2.18. The fraction of sp³-hybridized carbons (Fsp3) is 0.500. The summed E-state index contributed by atoms with van der Waals surface area (Å²) < 4.78 is 25.2. The lowest BCUT2D eigenvalue weighted by Crippen LogP contribution is -2.22. The smallest absolute Gasteiger partial charge is 0.242 e. The maximum Gasteiger partial charge on any atom is 0.242 e. The molecule has 6 heteroatoms. The van der Waals surface area contributed by atoms with E-state index in [0.29, 0.717) is 11.6 Å². The van der Waals surface area contributed by atoms with E-state index in [1.54, 1.807) is 12.1 Å². The Morgan fingerprint density at radius 2 is 2.00 bits per heavy atom. The summed E-state index contributed by atoms with van der Waals surface area (Å²) in [5.74, 6) is 0.